The van der Waals surface area contributed by atoms with Gasteiger partial charge in [0.15, 0.2) is 11.0 Å². The van der Waals surface area contributed by atoms with Crippen LogP contribution >= 0.6 is 23.4 Å². The third kappa shape index (κ3) is 6.71. The summed E-state index contributed by atoms with van der Waals surface area (Å²) in [6.07, 6.45) is -0.611. The molecule has 182 valence electrons. The van der Waals surface area contributed by atoms with E-state index in [4.69, 9.17) is 16.3 Å². The zero-order valence-electron chi connectivity index (χ0n) is 18.5. The van der Waals surface area contributed by atoms with Crippen LogP contribution in [0, 0.1) is 0 Å². The molecule has 3 rings (SSSR count). The van der Waals surface area contributed by atoms with E-state index in [1.165, 1.54) is 6.07 Å². The van der Waals surface area contributed by atoms with Crippen molar-refractivity contribution < 1.29 is 22.7 Å². The maximum absolute atomic E-state index is 13.1. The van der Waals surface area contributed by atoms with Gasteiger partial charge in [0.05, 0.1) is 15.8 Å². The summed E-state index contributed by atoms with van der Waals surface area (Å²) >= 11 is 6.81. The predicted octanol–water partition coefficient (Wildman–Crippen LogP) is 5.56. The van der Waals surface area contributed by atoms with Crippen LogP contribution in [0.1, 0.15) is 25.8 Å². The normalized spacial score (nSPS) is 12.5. The van der Waals surface area contributed by atoms with Crippen molar-refractivity contribution in [1.82, 2.24) is 19.7 Å². The number of halogens is 4. The van der Waals surface area contributed by atoms with E-state index in [0.717, 1.165) is 29.5 Å². The van der Waals surface area contributed by atoms with E-state index in [-0.39, 0.29) is 5.69 Å². The van der Waals surface area contributed by atoms with Crippen LogP contribution in [0.5, 0.6) is 0 Å². The first-order valence-electron chi connectivity index (χ1n) is 10.5. The second-order valence-corrected chi connectivity index (χ2v) is 8.90. The number of nitrogens with one attached hydrogen (secondary N) is 1. The van der Waals surface area contributed by atoms with Crippen LogP contribution in [0.25, 0.3) is 11.4 Å². The molecule has 34 heavy (non-hydrogen) atoms. The number of pyridine rings is 1. The van der Waals surface area contributed by atoms with E-state index >= 15 is 0 Å². The third-order valence-electron chi connectivity index (χ3n) is 4.72. The molecular formula is C22H23ClF3N5O2S. The Bertz CT molecular complexity index is 1110. The maximum Gasteiger partial charge on any atom is 0.417 e. The van der Waals surface area contributed by atoms with Gasteiger partial charge in [-0.1, -0.05) is 23.4 Å². The van der Waals surface area contributed by atoms with E-state index in [0.29, 0.717) is 37.2 Å². The predicted molar refractivity (Wildman–Crippen MR) is 125 cm³/mol. The highest BCUT2D eigenvalue weighted by Gasteiger charge is 2.33. The highest BCUT2D eigenvalue weighted by Crippen LogP contribution is 2.36. The molecule has 0 radical (unpaired) electrons. The Hall–Kier alpha value is -2.63. The Morgan fingerprint density at radius 2 is 1.97 bits per heavy atom. The lowest BCUT2D eigenvalue weighted by atomic mass is 10.2. The van der Waals surface area contributed by atoms with Crippen molar-refractivity contribution in [2.45, 2.75) is 43.4 Å². The monoisotopic (exact) mass is 513 g/mol. The second-order valence-electron chi connectivity index (χ2n) is 7.19. The summed E-state index contributed by atoms with van der Waals surface area (Å²) < 4.78 is 46.7. The molecule has 12 heteroatoms. The van der Waals surface area contributed by atoms with Crippen molar-refractivity contribution in [3.8, 4) is 11.4 Å². The molecule has 0 saturated heterocycles. The fraction of sp³-hybridized carbons (Fsp3) is 0.364. The quantitative estimate of drug-likeness (QED) is 0.282. The van der Waals surface area contributed by atoms with Gasteiger partial charge in [0.2, 0.25) is 5.91 Å². The summed E-state index contributed by atoms with van der Waals surface area (Å²) in [4.78, 5) is 16.7. The first kappa shape index (κ1) is 26.0. The van der Waals surface area contributed by atoms with Gasteiger partial charge in [-0.15, -0.1) is 10.2 Å². The molecule has 7 nitrogen and oxygen atoms in total. The maximum atomic E-state index is 13.1. The number of ether oxygens (including phenoxy) is 1. The molecule has 0 aliphatic rings. The number of alkyl halides is 3. The van der Waals surface area contributed by atoms with Crippen LogP contribution in [0.15, 0.2) is 47.9 Å². The number of hydrogen-bond donors (Lipinski definition) is 1. The van der Waals surface area contributed by atoms with Crippen molar-refractivity contribution in [3.63, 3.8) is 0 Å². The first-order chi connectivity index (χ1) is 16.2. The number of amides is 1. The number of benzene rings is 1. The molecule has 0 aliphatic carbocycles. The van der Waals surface area contributed by atoms with Gasteiger partial charge in [-0.25, -0.2) is 0 Å². The highest BCUT2D eigenvalue weighted by atomic mass is 35.5. The van der Waals surface area contributed by atoms with Crippen LogP contribution < -0.4 is 5.32 Å². The lowest BCUT2D eigenvalue weighted by Gasteiger charge is -2.15. The Labute approximate surface area is 204 Å². The number of nitrogens with zero attached hydrogens (tertiary/aromatic N) is 4. The molecule has 2 heterocycles. The molecule has 1 unspecified atom stereocenters. The van der Waals surface area contributed by atoms with E-state index in [2.05, 4.69) is 20.5 Å². The molecule has 1 N–H and O–H groups in total. The van der Waals surface area contributed by atoms with Crippen LogP contribution in [0.2, 0.25) is 5.02 Å². The summed E-state index contributed by atoms with van der Waals surface area (Å²) in [6, 6.07) is 6.87. The van der Waals surface area contributed by atoms with Gasteiger partial charge < -0.3 is 14.6 Å². The Balaban J connectivity index is 1.76. The topological polar surface area (TPSA) is 81.9 Å². The standard InChI is InChI=1S/C22H23ClF3N5O2S/c1-3-33-12-4-11-31-19(15-7-9-27-10-8-15)29-30-21(31)34-14(2)20(32)28-16-5-6-18(23)17(13-16)22(24,25)26/h5-10,13-14H,3-4,11-12H2,1-2H3,(H,28,32). The minimum Gasteiger partial charge on any atom is -0.382 e. The number of carbonyl (C=O) groups is 1. The van der Waals surface area contributed by atoms with Crippen molar-refractivity contribution in [2.24, 2.45) is 0 Å². The fourth-order valence-corrected chi connectivity index (χ4v) is 4.14. The van der Waals surface area contributed by atoms with E-state index < -0.39 is 27.9 Å². The minimum atomic E-state index is -4.63. The molecule has 0 aliphatic heterocycles. The average molecular weight is 514 g/mol. The summed E-state index contributed by atoms with van der Waals surface area (Å²) in [7, 11) is 0. The lowest BCUT2D eigenvalue weighted by molar-refractivity contribution is -0.137. The smallest absolute Gasteiger partial charge is 0.382 e. The Morgan fingerprint density at radius 1 is 1.24 bits per heavy atom. The number of carbonyl (C=O) groups excluding carboxylic acids is 1. The van der Waals surface area contributed by atoms with Gasteiger partial charge in [-0.2, -0.15) is 13.2 Å². The number of thioether (sulfide) groups is 1. The van der Waals surface area contributed by atoms with Crippen molar-refractivity contribution >= 4 is 35.0 Å². The van der Waals surface area contributed by atoms with Gasteiger partial charge in [-0.3, -0.25) is 9.78 Å². The minimum absolute atomic E-state index is 0.00447. The number of hydrogen-bond acceptors (Lipinski definition) is 6. The van der Waals surface area contributed by atoms with E-state index in [1.54, 1.807) is 19.3 Å². The fourth-order valence-electron chi connectivity index (χ4n) is 3.04. The third-order valence-corrected chi connectivity index (χ3v) is 6.13. The van der Waals surface area contributed by atoms with Crippen LogP contribution in [-0.4, -0.2) is 44.1 Å². The largest absolute Gasteiger partial charge is 0.417 e. The molecular weight excluding hydrogens is 491 g/mol. The molecule has 0 saturated carbocycles. The summed E-state index contributed by atoms with van der Waals surface area (Å²) in [5, 5.41) is 10.5. The number of anilines is 1. The first-order valence-corrected chi connectivity index (χ1v) is 11.7. The van der Waals surface area contributed by atoms with Gasteiger partial charge in [0.1, 0.15) is 0 Å². The zero-order valence-corrected chi connectivity index (χ0v) is 20.0. The molecule has 3 aromatic rings. The number of rotatable bonds is 10. The van der Waals surface area contributed by atoms with E-state index in [1.807, 2.05) is 23.6 Å². The molecule has 0 spiro atoms. The highest BCUT2D eigenvalue weighted by molar-refractivity contribution is 8.00. The molecule has 1 atom stereocenters. The van der Waals surface area contributed by atoms with Crippen molar-refractivity contribution in [2.75, 3.05) is 18.5 Å². The molecule has 0 fully saturated rings. The van der Waals surface area contributed by atoms with Crippen LogP contribution in [0.3, 0.4) is 0 Å². The SMILES string of the molecule is CCOCCCn1c(SC(C)C(=O)Nc2ccc(Cl)c(C(F)(F)F)c2)nnc1-c1ccncc1. The average Bonchev–Trinajstić information content (AvgIpc) is 3.20. The molecule has 1 aromatic carbocycles. The van der Waals surface area contributed by atoms with Crippen LogP contribution in [-0.2, 0) is 22.3 Å². The summed E-state index contributed by atoms with van der Waals surface area (Å²) in [5.74, 6) is 0.149. The van der Waals surface area contributed by atoms with Gasteiger partial charge in [-0.05, 0) is 50.6 Å². The van der Waals surface area contributed by atoms with Gasteiger partial charge in [0, 0.05) is 43.4 Å². The van der Waals surface area contributed by atoms with Gasteiger partial charge >= 0.3 is 6.18 Å². The molecule has 1 amide bonds. The summed E-state index contributed by atoms with van der Waals surface area (Å²) in [5.41, 5.74) is -0.183. The lowest BCUT2D eigenvalue weighted by Crippen LogP contribution is -2.23. The molecule has 0 bridgehead atoms. The van der Waals surface area contributed by atoms with Crippen molar-refractivity contribution in [1.29, 1.82) is 0 Å². The van der Waals surface area contributed by atoms with Gasteiger partial charge in [0.25, 0.3) is 0 Å². The van der Waals surface area contributed by atoms with Crippen LogP contribution in [0.4, 0.5) is 18.9 Å². The molecule has 2 aromatic heterocycles. The zero-order chi connectivity index (χ0) is 24.7. The Morgan fingerprint density at radius 3 is 2.65 bits per heavy atom. The Kier molecular flexibility index (Phi) is 8.92. The second kappa shape index (κ2) is 11.7. The summed E-state index contributed by atoms with van der Waals surface area (Å²) in [6.45, 7) is 5.29. The van der Waals surface area contributed by atoms with Crippen molar-refractivity contribution in [3.05, 3.63) is 53.3 Å². The number of aromatic nitrogens is 4. The van der Waals surface area contributed by atoms with E-state index in [9.17, 15) is 18.0 Å².